The van der Waals surface area contributed by atoms with E-state index in [9.17, 15) is 19.5 Å². The van der Waals surface area contributed by atoms with Crippen molar-refractivity contribution in [1.29, 1.82) is 0 Å². The molecule has 2 aromatic carbocycles. The van der Waals surface area contributed by atoms with Crippen molar-refractivity contribution in [2.75, 3.05) is 52.1 Å². The number of pyridine rings is 1. The smallest absolute Gasteiger partial charge is 0.407 e. The summed E-state index contributed by atoms with van der Waals surface area (Å²) in [5, 5.41) is 10.3. The predicted molar refractivity (Wildman–Crippen MR) is 176 cm³/mol. The second kappa shape index (κ2) is 15.0. The van der Waals surface area contributed by atoms with Gasteiger partial charge in [-0.05, 0) is 30.0 Å². The van der Waals surface area contributed by atoms with Gasteiger partial charge in [-0.25, -0.2) is 14.8 Å². The van der Waals surface area contributed by atoms with Gasteiger partial charge in [-0.1, -0.05) is 55.8 Å². The number of rotatable bonds is 13. The Bertz CT molecular complexity index is 1680. The Morgan fingerprint density at radius 1 is 0.978 bits per heavy atom. The number of ether oxygens (including phenoxy) is 1. The van der Waals surface area contributed by atoms with Crippen LogP contribution in [0.1, 0.15) is 43.1 Å². The van der Waals surface area contributed by atoms with Crippen LogP contribution in [0.25, 0.3) is 21.9 Å². The molecule has 0 bridgehead atoms. The number of nitrogens with two attached hydrogens (primary N) is 1. The van der Waals surface area contributed by atoms with E-state index in [0.717, 1.165) is 52.6 Å². The third-order valence-electron chi connectivity index (χ3n) is 8.58. The van der Waals surface area contributed by atoms with Gasteiger partial charge in [-0.3, -0.25) is 14.5 Å². The first-order valence-electron chi connectivity index (χ1n) is 15.9. The summed E-state index contributed by atoms with van der Waals surface area (Å²) in [5.74, 6) is 1.07. The van der Waals surface area contributed by atoms with Crippen LogP contribution in [0.15, 0.2) is 48.5 Å². The van der Waals surface area contributed by atoms with Crippen molar-refractivity contribution < 1.29 is 24.2 Å². The average molecular weight is 630 g/mol. The van der Waals surface area contributed by atoms with E-state index in [2.05, 4.69) is 22.5 Å². The minimum atomic E-state index is -0.932. The summed E-state index contributed by atoms with van der Waals surface area (Å²) in [5.41, 5.74) is 10.7. The fourth-order valence-corrected chi connectivity index (χ4v) is 5.99. The normalized spacial score (nSPS) is 13.7. The second-order valence-electron chi connectivity index (χ2n) is 11.8. The molecule has 0 radical (unpaired) electrons. The molecule has 5 rings (SSSR count). The fraction of sp³-hybridized carbons (Fsp3) is 0.441. The van der Waals surface area contributed by atoms with Crippen LogP contribution in [0, 0.1) is 0 Å². The SMILES string of the molecule is CCCCc1nc2c(N)nc3ccccc3c2n1CCCN(Cc1ccc(CC(=O)OC)cc1)C(=O)CN1CCN(C(=O)O)CC1. The number of methoxy groups -OCH3 is 1. The fourth-order valence-electron chi connectivity index (χ4n) is 5.99. The van der Waals surface area contributed by atoms with Gasteiger partial charge in [0.25, 0.3) is 0 Å². The lowest BCUT2D eigenvalue weighted by atomic mass is 10.1. The van der Waals surface area contributed by atoms with Crippen molar-refractivity contribution >= 4 is 45.7 Å². The number of esters is 1. The molecule has 3 heterocycles. The lowest BCUT2D eigenvalue weighted by molar-refractivity contribution is -0.139. The van der Waals surface area contributed by atoms with Crippen molar-refractivity contribution in [2.24, 2.45) is 0 Å². The number of aromatic nitrogens is 3. The Labute approximate surface area is 268 Å². The molecule has 12 heteroatoms. The Morgan fingerprint density at radius 2 is 1.70 bits per heavy atom. The number of hydrogen-bond donors (Lipinski definition) is 2. The summed E-state index contributed by atoms with van der Waals surface area (Å²) < 4.78 is 7.04. The zero-order valence-corrected chi connectivity index (χ0v) is 26.7. The van der Waals surface area contributed by atoms with Gasteiger partial charge in [0.05, 0.1) is 31.1 Å². The first-order valence-corrected chi connectivity index (χ1v) is 15.9. The first-order chi connectivity index (χ1) is 22.3. The maximum absolute atomic E-state index is 13.8. The second-order valence-corrected chi connectivity index (χ2v) is 11.8. The van der Waals surface area contributed by atoms with E-state index in [-0.39, 0.29) is 24.8 Å². The number of piperazine rings is 1. The molecule has 0 spiro atoms. The molecule has 2 aromatic heterocycles. The molecule has 2 amide bonds. The lowest BCUT2D eigenvalue weighted by Gasteiger charge is -2.34. The van der Waals surface area contributed by atoms with E-state index < -0.39 is 6.09 Å². The van der Waals surface area contributed by atoms with Gasteiger partial charge in [0.15, 0.2) is 5.82 Å². The maximum Gasteiger partial charge on any atom is 0.407 e. The first kappa shape index (κ1) is 32.7. The number of unbranched alkanes of at least 4 members (excludes halogenated alkanes) is 1. The van der Waals surface area contributed by atoms with E-state index in [1.807, 2.05) is 52.3 Å². The van der Waals surface area contributed by atoms with E-state index in [4.69, 9.17) is 15.5 Å². The molecule has 12 nitrogen and oxygen atoms in total. The number of aryl methyl sites for hydroxylation is 2. The molecule has 1 saturated heterocycles. The van der Waals surface area contributed by atoms with Crippen molar-refractivity contribution in [1.82, 2.24) is 29.2 Å². The van der Waals surface area contributed by atoms with E-state index in [1.54, 1.807) is 0 Å². The molecule has 46 heavy (non-hydrogen) atoms. The van der Waals surface area contributed by atoms with Gasteiger partial charge in [0.2, 0.25) is 5.91 Å². The van der Waals surface area contributed by atoms with Crippen molar-refractivity contribution in [2.45, 2.75) is 52.1 Å². The number of nitrogens with zero attached hydrogens (tertiary/aromatic N) is 6. The van der Waals surface area contributed by atoms with Gasteiger partial charge in [-0.15, -0.1) is 0 Å². The monoisotopic (exact) mass is 629 g/mol. The van der Waals surface area contributed by atoms with Gasteiger partial charge in [-0.2, -0.15) is 0 Å². The molecule has 1 fully saturated rings. The molecule has 4 aromatic rings. The number of carbonyl (C=O) groups is 3. The van der Waals surface area contributed by atoms with Crippen LogP contribution >= 0.6 is 0 Å². The number of para-hydroxylation sites is 1. The lowest BCUT2D eigenvalue weighted by Crippen LogP contribution is -2.51. The van der Waals surface area contributed by atoms with Crippen molar-refractivity contribution in [3.8, 4) is 0 Å². The number of benzene rings is 2. The Balaban J connectivity index is 1.36. The molecule has 1 aliphatic rings. The number of carbonyl (C=O) groups excluding carboxylic acids is 2. The van der Waals surface area contributed by atoms with Crippen LogP contribution in [0.2, 0.25) is 0 Å². The van der Waals surface area contributed by atoms with Crippen LogP contribution in [0.3, 0.4) is 0 Å². The third-order valence-corrected chi connectivity index (χ3v) is 8.58. The highest BCUT2D eigenvalue weighted by molar-refractivity contribution is 6.06. The minimum Gasteiger partial charge on any atom is -0.469 e. The van der Waals surface area contributed by atoms with Crippen LogP contribution in [0.4, 0.5) is 10.6 Å². The number of nitrogen functional groups attached to an aromatic ring is 1. The topological polar surface area (TPSA) is 147 Å². The van der Waals surface area contributed by atoms with Crippen LogP contribution in [-0.4, -0.2) is 98.7 Å². The zero-order valence-electron chi connectivity index (χ0n) is 26.7. The quantitative estimate of drug-likeness (QED) is 0.210. The molecular formula is C34H43N7O5. The van der Waals surface area contributed by atoms with Crippen LogP contribution < -0.4 is 5.73 Å². The summed E-state index contributed by atoms with van der Waals surface area (Å²) in [4.78, 5) is 51.6. The Morgan fingerprint density at radius 3 is 2.39 bits per heavy atom. The zero-order chi connectivity index (χ0) is 32.6. The minimum absolute atomic E-state index is 0.0111. The highest BCUT2D eigenvalue weighted by atomic mass is 16.5. The molecular weight excluding hydrogens is 586 g/mol. The molecule has 244 valence electrons. The maximum atomic E-state index is 13.8. The number of fused-ring (bicyclic) bond motifs is 3. The molecule has 3 N–H and O–H groups in total. The number of imidazole rings is 1. The number of carboxylic acid groups (broad SMARTS) is 1. The molecule has 1 aliphatic heterocycles. The Hall–Kier alpha value is -4.71. The largest absolute Gasteiger partial charge is 0.469 e. The Kier molecular flexibility index (Phi) is 10.7. The van der Waals surface area contributed by atoms with Crippen molar-refractivity contribution in [3.05, 3.63) is 65.5 Å². The predicted octanol–water partition coefficient (Wildman–Crippen LogP) is 3.94. The van der Waals surface area contributed by atoms with Crippen LogP contribution in [0.5, 0.6) is 0 Å². The summed E-state index contributed by atoms with van der Waals surface area (Å²) >= 11 is 0. The average Bonchev–Trinajstić information content (AvgIpc) is 3.43. The highest BCUT2D eigenvalue weighted by Crippen LogP contribution is 2.29. The summed E-state index contributed by atoms with van der Waals surface area (Å²) in [6.45, 7) is 5.75. The highest BCUT2D eigenvalue weighted by Gasteiger charge is 2.24. The van der Waals surface area contributed by atoms with Gasteiger partial charge >= 0.3 is 12.1 Å². The van der Waals surface area contributed by atoms with E-state index in [0.29, 0.717) is 63.6 Å². The van der Waals surface area contributed by atoms with Gasteiger partial charge in [0.1, 0.15) is 11.3 Å². The van der Waals surface area contributed by atoms with E-state index >= 15 is 0 Å². The van der Waals surface area contributed by atoms with Crippen molar-refractivity contribution in [3.63, 3.8) is 0 Å². The van der Waals surface area contributed by atoms with E-state index in [1.165, 1.54) is 12.0 Å². The molecule has 0 saturated carbocycles. The molecule has 0 unspecified atom stereocenters. The van der Waals surface area contributed by atoms with Gasteiger partial charge in [0, 0.05) is 57.6 Å². The summed E-state index contributed by atoms with van der Waals surface area (Å²) in [6, 6.07) is 15.6. The number of anilines is 1. The van der Waals surface area contributed by atoms with Crippen LogP contribution in [-0.2, 0) is 40.3 Å². The summed E-state index contributed by atoms with van der Waals surface area (Å²) in [7, 11) is 1.37. The molecule has 0 atom stereocenters. The summed E-state index contributed by atoms with van der Waals surface area (Å²) in [6.07, 6.45) is 2.82. The number of amides is 2. The third kappa shape index (κ3) is 7.74. The number of hydrogen-bond acceptors (Lipinski definition) is 8. The standard InChI is InChI=1S/C34H43N7O5/c1-3-4-10-28-37-31-32(26-8-5-6-9-27(26)36-33(31)35)41(28)16-7-15-40(22-25-13-11-24(12-14-25)21-30(43)46-2)29(42)23-38-17-19-39(20-18-38)34(44)45/h5-6,8-9,11-14H,3-4,7,10,15-23H2,1-2H3,(H2,35,36)(H,44,45). The van der Waals surface area contributed by atoms with Gasteiger partial charge < -0.3 is 29.9 Å². The molecule has 0 aliphatic carbocycles.